The molecular weight excluding hydrogens is 372 g/mol. The van der Waals surface area contributed by atoms with E-state index in [1.54, 1.807) is 28.0 Å². The van der Waals surface area contributed by atoms with Gasteiger partial charge in [-0.1, -0.05) is 18.2 Å². The van der Waals surface area contributed by atoms with Crippen LogP contribution >= 0.6 is 0 Å². The van der Waals surface area contributed by atoms with Gasteiger partial charge in [0, 0.05) is 37.0 Å². The molecule has 2 amide bonds. The first-order chi connectivity index (χ1) is 14.1. The molecule has 0 aliphatic carbocycles. The number of hydrogen-bond donors (Lipinski definition) is 1. The number of carbonyl (C=O) groups excluding carboxylic acids is 4. The zero-order valence-corrected chi connectivity index (χ0v) is 15.4. The van der Waals surface area contributed by atoms with Crippen LogP contribution < -0.4 is 5.32 Å². The maximum atomic E-state index is 12.9. The van der Waals surface area contributed by atoms with Crippen molar-refractivity contribution in [3.63, 3.8) is 0 Å². The van der Waals surface area contributed by atoms with Crippen LogP contribution in [0.15, 0.2) is 42.6 Å². The lowest BCUT2D eigenvalue weighted by molar-refractivity contribution is -0.153. The lowest BCUT2D eigenvalue weighted by atomic mass is 9.83. The highest BCUT2D eigenvalue weighted by Crippen LogP contribution is 2.42. The fourth-order valence-corrected chi connectivity index (χ4v) is 4.60. The molecule has 1 N–H and O–H groups in total. The highest BCUT2D eigenvalue weighted by Gasteiger charge is 2.55. The Bertz CT molecular complexity index is 1040. The van der Waals surface area contributed by atoms with E-state index in [-0.39, 0.29) is 11.9 Å². The molecule has 4 heterocycles. The van der Waals surface area contributed by atoms with E-state index in [4.69, 9.17) is 0 Å². The van der Waals surface area contributed by atoms with Crippen molar-refractivity contribution in [1.29, 1.82) is 0 Å². The number of rotatable bonds is 2. The first kappa shape index (κ1) is 17.5. The summed E-state index contributed by atoms with van der Waals surface area (Å²) in [4.78, 5) is 57.5. The summed E-state index contributed by atoms with van der Waals surface area (Å²) in [5.74, 6) is -1.91. The Kier molecular flexibility index (Phi) is 3.94. The Morgan fingerprint density at radius 3 is 2.69 bits per heavy atom. The number of aromatic nitrogens is 1. The number of carbonyl (C=O) groups is 4. The standard InChI is InChI=1S/C21H18N4O4/c26-11-13-6-7-22-18-15-17(23-16(13)18)14-10-24(8-9-25(14)21(29)19(15)27)20(28)12-4-2-1-3-5-12/h1-7,11,14-15,17,23H,8-10H2/t14-,15?,17?/m0/s1. The minimum atomic E-state index is -0.745. The topological polar surface area (TPSA) is 99.7 Å². The molecule has 2 fully saturated rings. The van der Waals surface area contributed by atoms with Gasteiger partial charge >= 0.3 is 0 Å². The number of aldehydes is 1. The number of amides is 2. The van der Waals surface area contributed by atoms with Gasteiger partial charge in [0.1, 0.15) is 0 Å². The second kappa shape index (κ2) is 6.51. The van der Waals surface area contributed by atoms with Crippen molar-refractivity contribution in [1.82, 2.24) is 14.8 Å². The molecule has 2 aromatic rings. The van der Waals surface area contributed by atoms with Crippen LogP contribution in [0.2, 0.25) is 0 Å². The molecule has 0 saturated carbocycles. The van der Waals surface area contributed by atoms with Crippen LogP contribution in [0.5, 0.6) is 0 Å². The first-order valence-corrected chi connectivity index (χ1v) is 9.50. The minimum absolute atomic E-state index is 0.103. The lowest BCUT2D eigenvalue weighted by Gasteiger charge is -2.47. The third-order valence-electron chi connectivity index (χ3n) is 6.00. The Morgan fingerprint density at radius 2 is 1.93 bits per heavy atom. The summed E-state index contributed by atoms with van der Waals surface area (Å²) in [5.41, 5.74) is 1.93. The molecule has 3 aliphatic rings. The molecule has 0 bridgehead atoms. The summed E-state index contributed by atoms with van der Waals surface area (Å²) in [5, 5.41) is 3.26. The van der Waals surface area contributed by atoms with Gasteiger partial charge in [-0.15, -0.1) is 0 Å². The highest BCUT2D eigenvalue weighted by molar-refractivity contribution is 6.39. The predicted molar refractivity (Wildman–Crippen MR) is 103 cm³/mol. The van der Waals surface area contributed by atoms with Crippen molar-refractivity contribution >= 4 is 29.6 Å². The van der Waals surface area contributed by atoms with Gasteiger partial charge in [-0.2, -0.15) is 0 Å². The van der Waals surface area contributed by atoms with Crippen LogP contribution in [0.1, 0.15) is 32.3 Å². The van der Waals surface area contributed by atoms with Crippen molar-refractivity contribution in [3.8, 4) is 0 Å². The number of nitrogens with zero attached hydrogens (tertiary/aromatic N) is 3. The molecule has 5 rings (SSSR count). The fourth-order valence-electron chi connectivity index (χ4n) is 4.60. The molecule has 3 atom stereocenters. The van der Waals surface area contributed by atoms with E-state index in [9.17, 15) is 19.2 Å². The number of benzene rings is 1. The molecule has 1 aromatic carbocycles. The van der Waals surface area contributed by atoms with Gasteiger partial charge in [0.25, 0.3) is 11.8 Å². The van der Waals surface area contributed by atoms with Crippen LogP contribution in [-0.4, -0.2) is 70.4 Å². The first-order valence-electron chi connectivity index (χ1n) is 9.50. The quantitative estimate of drug-likeness (QED) is 0.599. The predicted octanol–water partition coefficient (Wildman–Crippen LogP) is 0.708. The zero-order valence-electron chi connectivity index (χ0n) is 15.4. The lowest BCUT2D eigenvalue weighted by Crippen LogP contribution is -2.67. The molecular formula is C21H18N4O4. The van der Waals surface area contributed by atoms with Crippen molar-refractivity contribution in [2.75, 3.05) is 25.0 Å². The SMILES string of the molecule is O=Cc1ccnc2c1NC1C2C(=O)C(=O)N2CCN(C(=O)c3ccccc3)C[C@@H]12. The largest absolute Gasteiger partial charge is 0.377 e. The van der Waals surface area contributed by atoms with Gasteiger partial charge < -0.3 is 15.1 Å². The number of nitrogens with one attached hydrogen (secondary N) is 1. The summed E-state index contributed by atoms with van der Waals surface area (Å²) < 4.78 is 0. The van der Waals surface area contributed by atoms with Gasteiger partial charge in [-0.3, -0.25) is 24.2 Å². The summed E-state index contributed by atoms with van der Waals surface area (Å²) in [6.45, 7) is 0.972. The third-order valence-corrected chi connectivity index (χ3v) is 6.00. The van der Waals surface area contributed by atoms with E-state index >= 15 is 0 Å². The van der Waals surface area contributed by atoms with Crippen LogP contribution in [0.3, 0.4) is 0 Å². The van der Waals surface area contributed by atoms with Gasteiger partial charge in [0.2, 0.25) is 5.78 Å². The van der Waals surface area contributed by atoms with E-state index < -0.39 is 23.7 Å². The van der Waals surface area contributed by atoms with Crippen molar-refractivity contribution in [2.24, 2.45) is 0 Å². The number of Topliss-reactive ketones (excluding diaryl/α,β-unsaturated/α-hetero) is 1. The molecule has 8 nitrogen and oxygen atoms in total. The minimum Gasteiger partial charge on any atom is -0.377 e. The maximum Gasteiger partial charge on any atom is 0.291 e. The van der Waals surface area contributed by atoms with Gasteiger partial charge in [-0.25, -0.2) is 0 Å². The molecule has 1 aromatic heterocycles. The number of piperazine rings is 1. The number of ketones is 1. The average Bonchev–Trinajstić information content (AvgIpc) is 3.17. The molecule has 146 valence electrons. The molecule has 29 heavy (non-hydrogen) atoms. The number of pyridine rings is 1. The van der Waals surface area contributed by atoms with Crippen molar-refractivity contribution in [3.05, 3.63) is 59.4 Å². The summed E-state index contributed by atoms with van der Waals surface area (Å²) in [6.07, 6.45) is 2.18. The number of fused-ring (bicyclic) bond motifs is 5. The van der Waals surface area contributed by atoms with Crippen molar-refractivity contribution in [2.45, 2.75) is 18.0 Å². The van der Waals surface area contributed by atoms with Gasteiger partial charge in [0.15, 0.2) is 6.29 Å². The molecule has 0 spiro atoms. The van der Waals surface area contributed by atoms with Crippen LogP contribution in [0, 0.1) is 0 Å². The highest BCUT2D eigenvalue weighted by atomic mass is 16.2. The Balaban J connectivity index is 1.48. The van der Waals surface area contributed by atoms with Crippen LogP contribution in [-0.2, 0) is 9.59 Å². The average molecular weight is 390 g/mol. The summed E-state index contributed by atoms with van der Waals surface area (Å²) in [6, 6.07) is 9.77. The Labute approximate surface area is 166 Å². The molecule has 2 unspecified atom stereocenters. The summed E-state index contributed by atoms with van der Waals surface area (Å²) in [7, 11) is 0. The third kappa shape index (κ3) is 2.55. The Morgan fingerprint density at radius 1 is 1.14 bits per heavy atom. The van der Waals surface area contributed by atoms with Crippen LogP contribution in [0.25, 0.3) is 0 Å². The van der Waals surface area contributed by atoms with E-state index in [2.05, 4.69) is 10.3 Å². The molecule has 0 radical (unpaired) electrons. The maximum absolute atomic E-state index is 12.9. The van der Waals surface area contributed by atoms with E-state index in [1.807, 2.05) is 18.2 Å². The molecule has 2 saturated heterocycles. The number of anilines is 1. The number of piperidine rings is 1. The van der Waals surface area contributed by atoms with Gasteiger partial charge in [-0.05, 0) is 18.2 Å². The Hall–Kier alpha value is -3.55. The van der Waals surface area contributed by atoms with E-state index in [0.29, 0.717) is 48.4 Å². The van der Waals surface area contributed by atoms with Crippen molar-refractivity contribution < 1.29 is 19.2 Å². The fraction of sp³-hybridized carbons (Fsp3) is 0.286. The zero-order chi connectivity index (χ0) is 20.1. The van der Waals surface area contributed by atoms with E-state index in [0.717, 1.165) is 0 Å². The second-order valence-electron chi connectivity index (χ2n) is 7.47. The van der Waals surface area contributed by atoms with Crippen LogP contribution in [0.4, 0.5) is 5.69 Å². The summed E-state index contributed by atoms with van der Waals surface area (Å²) >= 11 is 0. The molecule has 8 heteroatoms. The monoisotopic (exact) mass is 390 g/mol. The normalized spacial score (nSPS) is 25.0. The van der Waals surface area contributed by atoms with E-state index in [1.165, 1.54) is 6.20 Å². The molecule has 3 aliphatic heterocycles. The van der Waals surface area contributed by atoms with Gasteiger partial charge in [0.05, 0.1) is 29.4 Å². The smallest absolute Gasteiger partial charge is 0.291 e. The second-order valence-corrected chi connectivity index (χ2v) is 7.47. The number of hydrogen-bond acceptors (Lipinski definition) is 6.